The number of amides is 2. The molecule has 2 aliphatic rings. The molecule has 2 amide bonds. The summed E-state index contributed by atoms with van der Waals surface area (Å²) >= 11 is 0. The van der Waals surface area contributed by atoms with Crippen LogP contribution in [0.1, 0.15) is 33.4 Å². The lowest BCUT2D eigenvalue weighted by Gasteiger charge is -2.25. The Morgan fingerprint density at radius 3 is 2.47 bits per heavy atom. The summed E-state index contributed by atoms with van der Waals surface area (Å²) in [6.07, 6.45) is -4.37. The summed E-state index contributed by atoms with van der Waals surface area (Å²) in [5.74, 6) is 0.210. The fourth-order valence-electron chi connectivity index (χ4n) is 4.33. The van der Waals surface area contributed by atoms with E-state index in [1.54, 1.807) is 4.90 Å². The van der Waals surface area contributed by atoms with Crippen molar-refractivity contribution in [1.82, 2.24) is 34.8 Å². The minimum Gasteiger partial charge on any atom is -0.410 e. The monoisotopic (exact) mass is 505 g/mol. The molecule has 0 atom stereocenters. The van der Waals surface area contributed by atoms with Crippen molar-refractivity contribution in [3.63, 3.8) is 0 Å². The molecule has 190 valence electrons. The number of fused-ring (bicyclic) bond motifs is 2. The van der Waals surface area contributed by atoms with Gasteiger partial charge < -0.3 is 23.8 Å². The molecule has 1 aromatic carbocycles. The van der Waals surface area contributed by atoms with Gasteiger partial charge in [-0.1, -0.05) is 5.21 Å². The number of H-pyrrole nitrogens is 1. The number of carbonyl (C=O) groups is 2. The summed E-state index contributed by atoms with van der Waals surface area (Å²) in [6, 6.07) is 4.60. The highest BCUT2D eigenvalue weighted by Gasteiger charge is 2.32. The van der Waals surface area contributed by atoms with Crippen LogP contribution >= 0.6 is 0 Å². The molecule has 11 nitrogen and oxygen atoms in total. The quantitative estimate of drug-likeness (QED) is 0.581. The number of imidazole rings is 1. The molecule has 0 unspecified atom stereocenters. The van der Waals surface area contributed by atoms with Gasteiger partial charge in [0.15, 0.2) is 0 Å². The molecule has 14 heteroatoms. The van der Waals surface area contributed by atoms with Gasteiger partial charge in [0.1, 0.15) is 28.7 Å². The molecule has 2 aliphatic heterocycles. The van der Waals surface area contributed by atoms with Gasteiger partial charge in [0.2, 0.25) is 0 Å². The van der Waals surface area contributed by atoms with Gasteiger partial charge in [0.05, 0.1) is 12.2 Å². The molecular formula is C22H22F3N7O4. The first kappa shape index (κ1) is 23.6. The van der Waals surface area contributed by atoms with Crippen LogP contribution in [0.3, 0.4) is 0 Å². The number of carbonyl (C=O) groups excluding carboxylic acids is 2. The largest absolute Gasteiger partial charge is 0.573 e. The summed E-state index contributed by atoms with van der Waals surface area (Å²) < 4.78 is 48.0. The standard InChI is InChI=1S/C22H22F3N7O4/c1-13-19(20(33)31-8-6-16-17(12-31)28-29-27-16)26-18-7-9-30(10-11-32(13)18)21(34)35-14-2-4-15(5-3-14)36-22(23,24)25/h2-5H,6-12H2,1H3,(H,27,28,29). The Balaban J connectivity index is 1.21. The first-order valence-electron chi connectivity index (χ1n) is 11.2. The Morgan fingerprint density at radius 2 is 1.72 bits per heavy atom. The van der Waals surface area contributed by atoms with Crippen LogP contribution in [0.4, 0.5) is 18.0 Å². The number of aromatic nitrogens is 5. The van der Waals surface area contributed by atoms with Crippen LogP contribution in [0.25, 0.3) is 0 Å². The molecule has 36 heavy (non-hydrogen) atoms. The molecular weight excluding hydrogens is 483 g/mol. The van der Waals surface area contributed by atoms with E-state index in [1.165, 1.54) is 17.0 Å². The third kappa shape index (κ3) is 4.83. The van der Waals surface area contributed by atoms with E-state index in [1.807, 2.05) is 11.5 Å². The van der Waals surface area contributed by atoms with Crippen LogP contribution in [-0.4, -0.2) is 72.8 Å². The number of aromatic amines is 1. The lowest BCUT2D eigenvalue weighted by atomic mass is 10.1. The van der Waals surface area contributed by atoms with Crippen molar-refractivity contribution < 1.29 is 32.2 Å². The number of nitrogens with one attached hydrogen (secondary N) is 1. The molecule has 1 N–H and O–H groups in total. The van der Waals surface area contributed by atoms with Gasteiger partial charge in [0, 0.05) is 44.7 Å². The van der Waals surface area contributed by atoms with Crippen molar-refractivity contribution in [2.75, 3.05) is 19.6 Å². The van der Waals surface area contributed by atoms with E-state index in [2.05, 4.69) is 25.1 Å². The zero-order chi connectivity index (χ0) is 25.4. The zero-order valence-electron chi connectivity index (χ0n) is 19.2. The first-order chi connectivity index (χ1) is 17.2. The average Bonchev–Trinajstić information content (AvgIpc) is 3.36. The van der Waals surface area contributed by atoms with Gasteiger partial charge >= 0.3 is 12.5 Å². The van der Waals surface area contributed by atoms with Crippen molar-refractivity contribution in [1.29, 1.82) is 0 Å². The van der Waals surface area contributed by atoms with Crippen LogP contribution in [0.15, 0.2) is 24.3 Å². The van der Waals surface area contributed by atoms with E-state index in [4.69, 9.17) is 4.74 Å². The summed E-state index contributed by atoms with van der Waals surface area (Å²) in [5, 5.41) is 10.7. The summed E-state index contributed by atoms with van der Waals surface area (Å²) in [7, 11) is 0. The fourth-order valence-corrected chi connectivity index (χ4v) is 4.33. The van der Waals surface area contributed by atoms with Crippen molar-refractivity contribution in [2.45, 2.75) is 39.2 Å². The van der Waals surface area contributed by atoms with Crippen LogP contribution in [0, 0.1) is 6.92 Å². The van der Waals surface area contributed by atoms with Crippen molar-refractivity contribution >= 4 is 12.0 Å². The summed E-state index contributed by atoms with van der Waals surface area (Å²) in [4.78, 5) is 33.6. The predicted octanol–water partition coefficient (Wildman–Crippen LogP) is 2.46. The van der Waals surface area contributed by atoms with E-state index in [0.29, 0.717) is 57.1 Å². The Bertz CT molecular complexity index is 1290. The van der Waals surface area contributed by atoms with Crippen LogP contribution in [-0.2, 0) is 25.9 Å². The second-order valence-electron chi connectivity index (χ2n) is 8.45. The molecule has 0 aliphatic carbocycles. The van der Waals surface area contributed by atoms with Crippen molar-refractivity contribution in [3.05, 3.63) is 52.9 Å². The lowest BCUT2D eigenvalue weighted by Crippen LogP contribution is -2.37. The second kappa shape index (κ2) is 9.17. The topological polar surface area (TPSA) is 118 Å². The Kier molecular flexibility index (Phi) is 6.02. The highest BCUT2D eigenvalue weighted by atomic mass is 19.4. The Hall–Kier alpha value is -4.10. The normalized spacial score (nSPS) is 15.7. The smallest absolute Gasteiger partial charge is 0.410 e. The molecule has 3 aromatic rings. The number of rotatable bonds is 3. The highest BCUT2D eigenvalue weighted by Crippen LogP contribution is 2.25. The van der Waals surface area contributed by atoms with E-state index < -0.39 is 18.2 Å². The first-order valence-corrected chi connectivity index (χ1v) is 11.2. The fraction of sp³-hybridized carbons (Fsp3) is 0.409. The third-order valence-corrected chi connectivity index (χ3v) is 6.19. The number of nitrogens with zero attached hydrogens (tertiary/aromatic N) is 6. The summed E-state index contributed by atoms with van der Waals surface area (Å²) in [5.41, 5.74) is 2.80. The van der Waals surface area contributed by atoms with Crippen LogP contribution < -0.4 is 9.47 Å². The number of benzene rings is 1. The molecule has 4 heterocycles. The number of alkyl halides is 3. The summed E-state index contributed by atoms with van der Waals surface area (Å²) in [6.45, 7) is 3.79. The maximum Gasteiger partial charge on any atom is 0.573 e. The average molecular weight is 505 g/mol. The molecule has 0 saturated carbocycles. The highest BCUT2D eigenvalue weighted by molar-refractivity contribution is 5.93. The van der Waals surface area contributed by atoms with Crippen LogP contribution in [0.2, 0.25) is 0 Å². The van der Waals surface area contributed by atoms with Gasteiger partial charge in [-0.3, -0.25) is 9.89 Å². The SMILES string of the molecule is Cc1c(C(=O)N2CCc3[nH]nnc3C2)nc2n1CCN(C(=O)Oc1ccc(OC(F)(F)F)cc1)CC2. The van der Waals surface area contributed by atoms with Crippen molar-refractivity contribution in [3.8, 4) is 11.5 Å². The number of halogens is 3. The van der Waals surface area contributed by atoms with E-state index in [9.17, 15) is 22.8 Å². The molecule has 0 radical (unpaired) electrons. The zero-order valence-corrected chi connectivity index (χ0v) is 19.2. The molecule has 0 fully saturated rings. The second-order valence-corrected chi connectivity index (χ2v) is 8.45. The van der Waals surface area contributed by atoms with E-state index >= 15 is 0 Å². The molecule has 0 spiro atoms. The van der Waals surface area contributed by atoms with Gasteiger partial charge in [0.25, 0.3) is 5.91 Å². The number of hydrogen-bond donors (Lipinski definition) is 1. The minimum atomic E-state index is -4.80. The predicted molar refractivity (Wildman–Crippen MR) is 116 cm³/mol. The molecule has 5 rings (SSSR count). The van der Waals surface area contributed by atoms with Crippen LogP contribution in [0.5, 0.6) is 11.5 Å². The molecule has 2 aromatic heterocycles. The van der Waals surface area contributed by atoms with Crippen molar-refractivity contribution in [2.24, 2.45) is 0 Å². The Labute approximate surface area is 202 Å². The maximum atomic E-state index is 13.2. The minimum absolute atomic E-state index is 0.0948. The van der Waals surface area contributed by atoms with E-state index in [0.717, 1.165) is 29.2 Å². The van der Waals surface area contributed by atoms with E-state index in [-0.39, 0.29) is 11.7 Å². The number of ether oxygens (including phenoxy) is 2. The Morgan fingerprint density at radius 1 is 1.00 bits per heavy atom. The van der Waals surface area contributed by atoms with Gasteiger partial charge in [-0.2, -0.15) is 0 Å². The maximum absolute atomic E-state index is 13.2. The van der Waals surface area contributed by atoms with Gasteiger partial charge in [-0.15, -0.1) is 18.3 Å². The lowest BCUT2D eigenvalue weighted by molar-refractivity contribution is -0.274. The van der Waals surface area contributed by atoms with Gasteiger partial charge in [-0.05, 0) is 31.2 Å². The van der Waals surface area contributed by atoms with Gasteiger partial charge in [-0.25, -0.2) is 9.78 Å². The third-order valence-electron chi connectivity index (χ3n) is 6.19. The molecule has 0 bridgehead atoms. The molecule has 0 saturated heterocycles. The number of hydrogen-bond acceptors (Lipinski definition) is 7.